The third kappa shape index (κ3) is 2.70. The van der Waals surface area contributed by atoms with Gasteiger partial charge in [0.1, 0.15) is 11.5 Å². The molecule has 0 saturated heterocycles. The molecule has 0 unspecified atom stereocenters. The van der Waals surface area contributed by atoms with Crippen molar-refractivity contribution in [1.82, 2.24) is 4.98 Å². The van der Waals surface area contributed by atoms with E-state index < -0.39 is 0 Å². The number of aromatic amines is 1. The summed E-state index contributed by atoms with van der Waals surface area (Å²) in [5.74, 6) is 1.03. The Morgan fingerprint density at radius 1 is 1.47 bits per heavy atom. The molecule has 0 atom stereocenters. The molecule has 1 N–H and O–H groups in total. The van der Waals surface area contributed by atoms with Crippen molar-refractivity contribution in [2.24, 2.45) is 5.92 Å². The highest BCUT2D eigenvalue weighted by Crippen LogP contribution is 2.19. The molecule has 0 aliphatic heterocycles. The summed E-state index contributed by atoms with van der Waals surface area (Å²) in [7, 11) is 0. The molecule has 0 radical (unpaired) electrons. The summed E-state index contributed by atoms with van der Waals surface area (Å²) in [6.45, 7) is 6.52. The zero-order valence-corrected chi connectivity index (χ0v) is 10.4. The molecule has 0 spiro atoms. The van der Waals surface area contributed by atoms with E-state index in [9.17, 15) is 4.79 Å². The number of furan rings is 1. The topological polar surface area (TPSA) is 55.2 Å². The molecule has 92 valence electrons. The van der Waals surface area contributed by atoms with E-state index in [1.165, 1.54) is 0 Å². The first-order valence-corrected chi connectivity index (χ1v) is 5.82. The zero-order valence-electron chi connectivity index (χ0n) is 10.4. The van der Waals surface area contributed by atoms with E-state index in [4.69, 9.17) is 9.15 Å². The third-order valence-corrected chi connectivity index (χ3v) is 2.58. The lowest BCUT2D eigenvalue weighted by atomic mass is 10.1. The van der Waals surface area contributed by atoms with Crippen molar-refractivity contribution in [2.45, 2.75) is 27.2 Å². The fourth-order valence-electron chi connectivity index (χ4n) is 1.62. The lowest BCUT2D eigenvalue weighted by molar-refractivity contribution is 0.0482. The first kappa shape index (κ1) is 11.8. The highest BCUT2D eigenvalue weighted by atomic mass is 16.5. The lowest BCUT2D eigenvalue weighted by Gasteiger charge is -2.05. The van der Waals surface area contributed by atoms with Crippen molar-refractivity contribution in [3.8, 4) is 0 Å². The van der Waals surface area contributed by atoms with Gasteiger partial charge in [-0.2, -0.15) is 0 Å². The summed E-state index contributed by atoms with van der Waals surface area (Å²) in [5, 5.41) is 0. The Morgan fingerprint density at radius 3 is 2.88 bits per heavy atom. The second-order valence-corrected chi connectivity index (χ2v) is 4.64. The number of carbonyl (C=O) groups is 1. The predicted octanol–water partition coefficient (Wildman–Crippen LogP) is 3.27. The first-order valence-electron chi connectivity index (χ1n) is 5.82. The number of hydrogen-bond donors (Lipinski definition) is 1. The number of fused-ring (bicyclic) bond motifs is 1. The molecule has 0 bridgehead atoms. The maximum Gasteiger partial charge on any atom is 0.354 e. The molecule has 0 aromatic carbocycles. The van der Waals surface area contributed by atoms with Crippen LogP contribution in [0.3, 0.4) is 0 Å². The molecular formula is C13H17NO3. The molecule has 2 aromatic rings. The van der Waals surface area contributed by atoms with E-state index in [1.807, 2.05) is 13.0 Å². The Bertz CT molecular complexity index is 490. The van der Waals surface area contributed by atoms with Gasteiger partial charge in [-0.15, -0.1) is 0 Å². The molecule has 0 aliphatic rings. The highest BCUT2D eigenvalue weighted by Gasteiger charge is 2.13. The second-order valence-electron chi connectivity index (χ2n) is 4.64. The van der Waals surface area contributed by atoms with Crippen LogP contribution in [0.25, 0.3) is 11.1 Å². The van der Waals surface area contributed by atoms with Crippen LogP contribution in [0.15, 0.2) is 16.5 Å². The van der Waals surface area contributed by atoms with Crippen molar-refractivity contribution in [3.05, 3.63) is 23.6 Å². The number of aromatic nitrogens is 1. The Hall–Kier alpha value is -1.71. The molecule has 0 amide bonds. The van der Waals surface area contributed by atoms with Gasteiger partial charge in [0.25, 0.3) is 0 Å². The molecule has 0 aliphatic carbocycles. The first-order chi connectivity index (χ1) is 8.06. The van der Waals surface area contributed by atoms with Gasteiger partial charge in [-0.25, -0.2) is 4.79 Å². The Balaban J connectivity index is 2.01. The van der Waals surface area contributed by atoms with Gasteiger partial charge in [-0.3, -0.25) is 0 Å². The fourth-order valence-corrected chi connectivity index (χ4v) is 1.62. The van der Waals surface area contributed by atoms with E-state index in [1.54, 1.807) is 6.07 Å². The number of aryl methyl sites for hydroxylation is 1. The van der Waals surface area contributed by atoms with Gasteiger partial charge in [-0.1, -0.05) is 13.8 Å². The van der Waals surface area contributed by atoms with Crippen molar-refractivity contribution in [1.29, 1.82) is 0 Å². The molecule has 2 rings (SSSR count). The van der Waals surface area contributed by atoms with E-state index in [0.29, 0.717) is 23.8 Å². The molecule has 2 aromatic heterocycles. The Labute approximate surface area is 99.9 Å². The molecule has 4 heteroatoms. The average Bonchev–Trinajstić information content (AvgIpc) is 2.73. The molecule has 0 saturated carbocycles. The van der Waals surface area contributed by atoms with Crippen molar-refractivity contribution < 1.29 is 13.9 Å². The van der Waals surface area contributed by atoms with Crippen LogP contribution in [0.5, 0.6) is 0 Å². The Kier molecular flexibility index (Phi) is 3.22. The van der Waals surface area contributed by atoms with E-state index >= 15 is 0 Å². The normalized spacial score (nSPS) is 11.3. The van der Waals surface area contributed by atoms with Crippen LogP contribution in [0, 0.1) is 12.8 Å². The van der Waals surface area contributed by atoms with Crippen LogP contribution in [-0.4, -0.2) is 17.6 Å². The summed E-state index contributed by atoms with van der Waals surface area (Å²) >= 11 is 0. The van der Waals surface area contributed by atoms with Crippen molar-refractivity contribution >= 4 is 17.1 Å². The summed E-state index contributed by atoms with van der Waals surface area (Å²) in [5.41, 5.74) is 1.97. The maximum atomic E-state index is 11.7. The fraction of sp³-hybridized carbons (Fsp3) is 0.462. The minimum absolute atomic E-state index is 0.324. The molecular weight excluding hydrogens is 218 g/mol. The quantitative estimate of drug-likeness (QED) is 0.827. The van der Waals surface area contributed by atoms with Gasteiger partial charge in [0.05, 0.1) is 12.1 Å². The monoisotopic (exact) mass is 235 g/mol. The van der Waals surface area contributed by atoms with Crippen LogP contribution in [0.4, 0.5) is 0 Å². The smallest absolute Gasteiger partial charge is 0.354 e. The summed E-state index contributed by atoms with van der Waals surface area (Å²) in [6, 6.07) is 3.54. The summed E-state index contributed by atoms with van der Waals surface area (Å²) in [4.78, 5) is 14.7. The van der Waals surface area contributed by atoms with Gasteiger partial charge in [0.15, 0.2) is 5.58 Å². The number of H-pyrrole nitrogens is 1. The number of carbonyl (C=O) groups excluding carboxylic acids is 1. The SMILES string of the molecule is Cc1cc2[nH]c(C(=O)OCCC(C)C)cc2o1. The largest absolute Gasteiger partial charge is 0.461 e. The van der Waals surface area contributed by atoms with Gasteiger partial charge in [-0.05, 0) is 19.3 Å². The van der Waals surface area contributed by atoms with Gasteiger partial charge < -0.3 is 14.1 Å². The van der Waals surface area contributed by atoms with Crippen molar-refractivity contribution in [2.75, 3.05) is 6.61 Å². The summed E-state index contributed by atoms with van der Waals surface area (Å²) in [6.07, 6.45) is 0.877. The van der Waals surface area contributed by atoms with Gasteiger partial charge >= 0.3 is 5.97 Å². The van der Waals surface area contributed by atoms with E-state index in [2.05, 4.69) is 18.8 Å². The standard InChI is InChI=1S/C13H17NO3/c1-8(2)4-5-16-13(15)11-7-12-10(14-11)6-9(3)17-12/h6-8,14H,4-5H2,1-3H3. The van der Waals surface area contributed by atoms with Crippen LogP contribution in [-0.2, 0) is 4.74 Å². The van der Waals surface area contributed by atoms with Crippen LogP contribution in [0.1, 0.15) is 36.5 Å². The van der Waals surface area contributed by atoms with E-state index in [0.717, 1.165) is 17.7 Å². The van der Waals surface area contributed by atoms with Crippen LogP contribution >= 0.6 is 0 Å². The zero-order chi connectivity index (χ0) is 12.4. The average molecular weight is 235 g/mol. The van der Waals surface area contributed by atoms with Gasteiger partial charge in [0.2, 0.25) is 0 Å². The van der Waals surface area contributed by atoms with Crippen LogP contribution < -0.4 is 0 Å². The second kappa shape index (κ2) is 4.65. The van der Waals surface area contributed by atoms with Crippen molar-refractivity contribution in [3.63, 3.8) is 0 Å². The Morgan fingerprint density at radius 2 is 2.24 bits per heavy atom. The number of rotatable bonds is 4. The van der Waals surface area contributed by atoms with E-state index in [-0.39, 0.29) is 5.97 Å². The minimum Gasteiger partial charge on any atom is -0.461 e. The van der Waals surface area contributed by atoms with Gasteiger partial charge in [0, 0.05) is 12.1 Å². The predicted molar refractivity (Wildman–Crippen MR) is 65.0 cm³/mol. The molecule has 4 nitrogen and oxygen atoms in total. The number of nitrogens with one attached hydrogen (secondary N) is 1. The summed E-state index contributed by atoms with van der Waals surface area (Å²) < 4.78 is 10.6. The maximum absolute atomic E-state index is 11.7. The molecule has 2 heterocycles. The van der Waals surface area contributed by atoms with Crippen LogP contribution in [0.2, 0.25) is 0 Å². The number of ether oxygens (including phenoxy) is 1. The molecule has 0 fully saturated rings. The minimum atomic E-state index is -0.324. The lowest BCUT2D eigenvalue weighted by Crippen LogP contribution is -2.08. The number of esters is 1. The third-order valence-electron chi connectivity index (χ3n) is 2.58. The highest BCUT2D eigenvalue weighted by molar-refractivity contribution is 5.93. The number of hydrogen-bond acceptors (Lipinski definition) is 3. The molecule has 17 heavy (non-hydrogen) atoms.